The average Bonchev–Trinajstić information content (AvgIpc) is 2.99. The highest BCUT2D eigenvalue weighted by molar-refractivity contribution is 6.31. The van der Waals surface area contributed by atoms with E-state index in [2.05, 4.69) is 0 Å². The van der Waals surface area contributed by atoms with Crippen LogP contribution in [0.5, 0.6) is 0 Å². The van der Waals surface area contributed by atoms with Crippen LogP contribution >= 0.6 is 11.6 Å². The Hall–Kier alpha value is -3.55. The molecule has 3 aromatic rings. The third-order valence-corrected chi connectivity index (χ3v) is 5.81. The molecule has 32 heavy (non-hydrogen) atoms. The molecular formula is C24H19ClN2O5. The molecule has 1 aliphatic heterocycles. The molecule has 3 aromatic carbocycles. The van der Waals surface area contributed by atoms with Crippen LogP contribution in [0.15, 0.2) is 72.8 Å². The fraction of sp³-hybridized carbons (Fsp3) is 0.167. The molecule has 0 radical (unpaired) electrons. The number of halogens is 1. The highest BCUT2D eigenvalue weighted by atomic mass is 35.5. The van der Waals surface area contributed by atoms with Crippen LogP contribution in [0, 0.1) is 10.1 Å². The number of carbonyl (C=O) groups is 2. The molecule has 0 aromatic heterocycles. The molecule has 1 amide bonds. The summed E-state index contributed by atoms with van der Waals surface area (Å²) in [7, 11) is 0. The van der Waals surface area contributed by atoms with E-state index in [9.17, 15) is 24.8 Å². The van der Waals surface area contributed by atoms with Crippen molar-refractivity contribution in [2.75, 3.05) is 11.4 Å². The van der Waals surface area contributed by atoms with Crippen LogP contribution in [0.2, 0.25) is 5.02 Å². The normalized spacial score (nSPS) is 17.3. The van der Waals surface area contributed by atoms with Gasteiger partial charge in [-0.1, -0.05) is 54.1 Å². The number of ketones is 1. The Morgan fingerprint density at radius 1 is 1.06 bits per heavy atom. The van der Waals surface area contributed by atoms with E-state index >= 15 is 0 Å². The zero-order chi connectivity index (χ0) is 22.9. The van der Waals surface area contributed by atoms with E-state index in [1.807, 2.05) is 30.3 Å². The minimum atomic E-state index is -2.17. The lowest BCUT2D eigenvalue weighted by atomic mass is 9.87. The number of para-hydroxylation sites is 1. The van der Waals surface area contributed by atoms with Gasteiger partial charge < -0.3 is 10.0 Å². The van der Waals surface area contributed by atoms with Gasteiger partial charge in [0, 0.05) is 23.2 Å². The largest absolute Gasteiger partial charge is 0.375 e. The van der Waals surface area contributed by atoms with Gasteiger partial charge in [-0.2, -0.15) is 0 Å². The maximum absolute atomic E-state index is 13.3. The smallest absolute Gasteiger partial charge is 0.280 e. The molecule has 1 N–H and O–H groups in total. The third-order valence-electron chi connectivity index (χ3n) is 5.58. The van der Waals surface area contributed by atoms with Gasteiger partial charge in [0.1, 0.15) is 0 Å². The minimum absolute atomic E-state index is 0.162. The van der Waals surface area contributed by atoms with Crippen molar-refractivity contribution in [1.29, 1.82) is 0 Å². The van der Waals surface area contributed by atoms with E-state index < -0.39 is 28.6 Å². The fourth-order valence-electron chi connectivity index (χ4n) is 4.00. The van der Waals surface area contributed by atoms with Gasteiger partial charge >= 0.3 is 0 Å². The summed E-state index contributed by atoms with van der Waals surface area (Å²) in [5.41, 5.74) is -1.01. The number of fused-ring (bicyclic) bond motifs is 1. The first-order chi connectivity index (χ1) is 15.3. The molecule has 4 rings (SSSR count). The number of amides is 1. The zero-order valence-corrected chi connectivity index (χ0v) is 17.7. The van der Waals surface area contributed by atoms with Gasteiger partial charge in [-0.25, -0.2) is 0 Å². The summed E-state index contributed by atoms with van der Waals surface area (Å²) in [4.78, 5) is 38.4. The van der Waals surface area contributed by atoms with Crippen LogP contribution in [0.25, 0.3) is 0 Å². The molecule has 1 atom stereocenters. The van der Waals surface area contributed by atoms with Crippen molar-refractivity contribution < 1.29 is 19.6 Å². The van der Waals surface area contributed by atoms with Crippen molar-refractivity contribution in [3.63, 3.8) is 0 Å². The number of hydrogen-bond acceptors (Lipinski definition) is 5. The summed E-state index contributed by atoms with van der Waals surface area (Å²) < 4.78 is 0. The van der Waals surface area contributed by atoms with Gasteiger partial charge in [-0.15, -0.1) is 0 Å². The number of carbonyl (C=O) groups excluding carboxylic acids is 2. The lowest BCUT2D eigenvalue weighted by molar-refractivity contribution is -0.385. The Bertz CT molecular complexity index is 1210. The molecular weight excluding hydrogens is 432 g/mol. The fourth-order valence-corrected chi connectivity index (χ4v) is 4.17. The Labute approximate surface area is 189 Å². The molecule has 7 nitrogen and oxygen atoms in total. The first-order valence-corrected chi connectivity index (χ1v) is 10.3. The van der Waals surface area contributed by atoms with Crippen molar-refractivity contribution in [2.45, 2.75) is 18.4 Å². The summed E-state index contributed by atoms with van der Waals surface area (Å²) >= 11 is 6.12. The Morgan fingerprint density at radius 2 is 1.75 bits per heavy atom. The number of rotatable bonds is 7. The number of nitro groups is 1. The molecule has 1 heterocycles. The first-order valence-electron chi connectivity index (χ1n) is 9.96. The van der Waals surface area contributed by atoms with Crippen molar-refractivity contribution in [3.05, 3.63) is 105 Å². The van der Waals surface area contributed by atoms with E-state index in [0.717, 1.165) is 5.56 Å². The second-order valence-electron chi connectivity index (χ2n) is 7.59. The minimum Gasteiger partial charge on any atom is -0.375 e. The van der Waals surface area contributed by atoms with E-state index in [1.54, 1.807) is 12.1 Å². The number of nitro benzene ring substituents is 1. The van der Waals surface area contributed by atoms with E-state index in [-0.39, 0.29) is 16.8 Å². The molecule has 0 bridgehead atoms. The van der Waals surface area contributed by atoms with Gasteiger partial charge in [0.25, 0.3) is 11.6 Å². The maximum Gasteiger partial charge on any atom is 0.280 e. The zero-order valence-electron chi connectivity index (χ0n) is 16.9. The van der Waals surface area contributed by atoms with Crippen LogP contribution in [0.4, 0.5) is 11.4 Å². The Morgan fingerprint density at radius 3 is 2.47 bits per heavy atom. The van der Waals surface area contributed by atoms with Crippen molar-refractivity contribution in [3.8, 4) is 0 Å². The molecule has 0 unspecified atom stereocenters. The predicted octanol–water partition coefficient (Wildman–Crippen LogP) is 4.30. The number of Topliss-reactive ketones (excluding diaryl/α,β-unsaturated/α-hetero) is 1. The first kappa shape index (κ1) is 21.7. The second-order valence-corrected chi connectivity index (χ2v) is 8.02. The molecule has 1 aliphatic rings. The lowest BCUT2D eigenvalue weighted by Crippen LogP contribution is -2.42. The number of aliphatic hydroxyl groups is 1. The molecule has 0 saturated heterocycles. The SMILES string of the molecule is O=C(C[C@]1(O)C(=O)N(CCc2ccccc2)c2ccc(Cl)cc21)c1ccccc1[N+](=O)[O-]. The molecule has 162 valence electrons. The van der Waals surface area contributed by atoms with Crippen molar-refractivity contribution in [2.24, 2.45) is 0 Å². The van der Waals surface area contributed by atoms with E-state index in [4.69, 9.17) is 11.6 Å². The van der Waals surface area contributed by atoms with Gasteiger partial charge in [0.2, 0.25) is 0 Å². The number of anilines is 1. The van der Waals surface area contributed by atoms with E-state index in [0.29, 0.717) is 23.7 Å². The predicted molar refractivity (Wildman–Crippen MR) is 120 cm³/mol. The lowest BCUT2D eigenvalue weighted by Gasteiger charge is -2.23. The number of benzene rings is 3. The van der Waals surface area contributed by atoms with Crippen molar-refractivity contribution in [1.82, 2.24) is 0 Å². The van der Waals surface area contributed by atoms with Gasteiger partial charge in [-0.3, -0.25) is 19.7 Å². The quantitative estimate of drug-likeness (QED) is 0.328. The summed E-state index contributed by atoms with van der Waals surface area (Å²) in [5.74, 6) is -1.36. The summed E-state index contributed by atoms with van der Waals surface area (Å²) in [6, 6.07) is 19.8. The third kappa shape index (κ3) is 3.88. The number of hydrogen-bond donors (Lipinski definition) is 1. The van der Waals surface area contributed by atoms with Crippen molar-refractivity contribution >= 4 is 34.7 Å². The molecule has 0 saturated carbocycles. The van der Waals surface area contributed by atoms with Crippen LogP contribution in [0.3, 0.4) is 0 Å². The molecule has 0 fully saturated rings. The monoisotopic (exact) mass is 450 g/mol. The Kier molecular flexibility index (Phi) is 5.78. The van der Waals surface area contributed by atoms with E-state index in [1.165, 1.54) is 35.2 Å². The summed E-state index contributed by atoms with van der Waals surface area (Å²) in [6.07, 6.45) is -0.0886. The van der Waals surface area contributed by atoms with Gasteiger partial charge in [-0.05, 0) is 36.2 Å². The second kappa shape index (κ2) is 8.53. The average molecular weight is 451 g/mol. The highest BCUT2D eigenvalue weighted by Gasteiger charge is 2.51. The van der Waals surface area contributed by atoms with Crippen LogP contribution in [-0.2, 0) is 16.8 Å². The molecule has 0 aliphatic carbocycles. The van der Waals surface area contributed by atoms with Crippen LogP contribution in [0.1, 0.15) is 27.9 Å². The maximum atomic E-state index is 13.3. The van der Waals surface area contributed by atoms with Crippen LogP contribution in [-0.4, -0.2) is 28.3 Å². The standard InChI is InChI=1S/C24H19ClN2O5/c25-17-10-11-21-19(14-17)24(30,15-22(28)18-8-4-5-9-20(18)27(31)32)23(29)26(21)13-12-16-6-2-1-3-7-16/h1-11,14,30H,12-13,15H2/t24-/m1/s1. The van der Waals surface area contributed by atoms with Crippen LogP contribution < -0.4 is 4.90 Å². The Balaban J connectivity index is 1.67. The molecule has 8 heteroatoms. The summed E-state index contributed by atoms with van der Waals surface area (Å²) in [5, 5.41) is 23.0. The molecule has 0 spiro atoms. The van der Waals surface area contributed by atoms with Gasteiger partial charge in [0.15, 0.2) is 11.4 Å². The van der Waals surface area contributed by atoms with Gasteiger partial charge in [0.05, 0.1) is 22.6 Å². The topological polar surface area (TPSA) is 101 Å². The summed E-state index contributed by atoms with van der Waals surface area (Å²) in [6.45, 7) is 0.291. The number of nitrogens with zero attached hydrogens (tertiary/aromatic N) is 2. The highest BCUT2D eigenvalue weighted by Crippen LogP contribution is 2.44.